The second-order valence-electron chi connectivity index (χ2n) is 8.00. The van der Waals surface area contributed by atoms with Gasteiger partial charge in [0.25, 0.3) is 11.8 Å². The van der Waals surface area contributed by atoms with Crippen molar-refractivity contribution in [2.45, 2.75) is 43.1 Å². The number of nitrogens with zero attached hydrogens (tertiary/aromatic N) is 7. The smallest absolute Gasteiger partial charge is 0.352 e. The van der Waals surface area contributed by atoms with Crippen LogP contribution in [0.2, 0.25) is 0 Å². The van der Waals surface area contributed by atoms with Gasteiger partial charge in [0.1, 0.15) is 28.9 Å². The number of amides is 2. The van der Waals surface area contributed by atoms with E-state index in [0.717, 1.165) is 11.3 Å². The van der Waals surface area contributed by atoms with Crippen LogP contribution in [0, 0.1) is 0 Å². The van der Waals surface area contributed by atoms with Gasteiger partial charge < -0.3 is 21.0 Å². The molecule has 0 bridgehead atoms. The van der Waals surface area contributed by atoms with Crippen molar-refractivity contribution in [3.05, 3.63) is 35.0 Å². The number of nitrogens with two attached hydrogens (primary N) is 1. The average Bonchev–Trinajstić information content (AvgIpc) is 3.49. The van der Waals surface area contributed by atoms with E-state index >= 15 is 0 Å². The van der Waals surface area contributed by atoms with Crippen LogP contribution in [0.25, 0.3) is 0 Å². The van der Waals surface area contributed by atoms with E-state index in [4.69, 9.17) is 10.6 Å². The number of aromatic nitrogens is 5. The SMILES string of the molecule is C=CCn1nnnc1SCC1=C(C(=O)O)N2C(=O)C(NC(=O)C(=NOC(C)C)c3csc(N)n3)[C@@H]2SC1. The second-order valence-corrected chi connectivity index (χ2v) is 10.9. The van der Waals surface area contributed by atoms with Gasteiger partial charge in [-0.25, -0.2) is 14.5 Å². The van der Waals surface area contributed by atoms with Gasteiger partial charge in [-0.15, -0.1) is 34.8 Å². The lowest BCUT2D eigenvalue weighted by atomic mass is 10.0. The van der Waals surface area contributed by atoms with Gasteiger partial charge in [0.05, 0.1) is 6.54 Å². The summed E-state index contributed by atoms with van der Waals surface area (Å²) in [6.07, 6.45) is 1.35. The lowest BCUT2D eigenvalue weighted by Crippen LogP contribution is -2.71. The van der Waals surface area contributed by atoms with Crippen LogP contribution >= 0.6 is 34.9 Å². The van der Waals surface area contributed by atoms with Crippen LogP contribution in [-0.4, -0.2) is 87.7 Å². The highest BCUT2D eigenvalue weighted by Crippen LogP contribution is 2.41. The van der Waals surface area contributed by atoms with Crippen LogP contribution in [0.15, 0.2) is 39.6 Å². The van der Waals surface area contributed by atoms with Gasteiger partial charge in [0, 0.05) is 16.9 Å². The number of carboxylic acids is 1. The lowest BCUT2D eigenvalue weighted by molar-refractivity contribution is -0.150. The topological polar surface area (TPSA) is 191 Å². The maximum Gasteiger partial charge on any atom is 0.352 e. The number of carboxylic acid groups (broad SMARTS) is 1. The minimum atomic E-state index is -1.23. The first-order valence-corrected chi connectivity index (χ1v) is 13.8. The number of fused-ring (bicyclic) bond motifs is 1. The second kappa shape index (κ2) is 11.3. The summed E-state index contributed by atoms with van der Waals surface area (Å²) in [7, 11) is 0. The van der Waals surface area contributed by atoms with Crippen LogP contribution in [0.3, 0.4) is 0 Å². The zero-order valence-electron chi connectivity index (χ0n) is 19.7. The summed E-state index contributed by atoms with van der Waals surface area (Å²) in [6, 6.07) is -0.943. The van der Waals surface area contributed by atoms with E-state index in [1.54, 1.807) is 25.3 Å². The number of hydrogen-bond donors (Lipinski definition) is 3. The Labute approximate surface area is 223 Å². The molecule has 2 aliphatic rings. The average molecular weight is 566 g/mol. The number of thiazole rings is 1. The summed E-state index contributed by atoms with van der Waals surface area (Å²) in [5.41, 5.74) is 6.23. The van der Waals surface area contributed by atoms with Crippen LogP contribution in [0.4, 0.5) is 5.13 Å². The summed E-state index contributed by atoms with van der Waals surface area (Å²) >= 11 is 3.75. The van der Waals surface area contributed by atoms with Crippen molar-refractivity contribution in [2.24, 2.45) is 5.16 Å². The van der Waals surface area contributed by atoms with E-state index in [-0.39, 0.29) is 34.1 Å². The van der Waals surface area contributed by atoms with E-state index in [1.807, 2.05) is 0 Å². The fraction of sp³-hybridized carbons (Fsp3) is 0.400. The third-order valence-electron chi connectivity index (χ3n) is 5.05. The molecule has 0 aromatic carbocycles. The lowest BCUT2D eigenvalue weighted by Gasteiger charge is -2.49. The van der Waals surface area contributed by atoms with Gasteiger partial charge in [-0.2, -0.15) is 0 Å². The van der Waals surface area contributed by atoms with Crippen molar-refractivity contribution in [3.8, 4) is 0 Å². The van der Waals surface area contributed by atoms with Gasteiger partial charge in [-0.05, 0) is 29.8 Å². The summed E-state index contributed by atoms with van der Waals surface area (Å²) < 4.78 is 1.54. The van der Waals surface area contributed by atoms with E-state index in [2.05, 4.69) is 37.6 Å². The van der Waals surface area contributed by atoms with Gasteiger partial charge in [0.15, 0.2) is 10.8 Å². The molecule has 1 unspecified atom stereocenters. The summed E-state index contributed by atoms with van der Waals surface area (Å²) in [4.78, 5) is 48.7. The molecule has 0 spiro atoms. The number of allylic oxidation sites excluding steroid dienone is 1. The molecule has 2 atom stereocenters. The molecule has 4 heterocycles. The van der Waals surface area contributed by atoms with Crippen molar-refractivity contribution < 1.29 is 24.3 Å². The molecule has 2 aliphatic heterocycles. The van der Waals surface area contributed by atoms with E-state index in [1.165, 1.54) is 33.1 Å². The normalized spacial score (nSPS) is 19.5. The van der Waals surface area contributed by atoms with Crippen molar-refractivity contribution >= 4 is 63.5 Å². The zero-order valence-corrected chi connectivity index (χ0v) is 22.2. The number of oxime groups is 1. The number of β-lactam (4-membered cyclic amide) rings is 1. The van der Waals surface area contributed by atoms with Crippen molar-refractivity contribution in [1.82, 2.24) is 35.4 Å². The Bertz CT molecular complexity index is 1290. The molecular weight excluding hydrogens is 542 g/mol. The van der Waals surface area contributed by atoms with E-state index in [0.29, 0.717) is 23.0 Å². The number of rotatable bonds is 11. The van der Waals surface area contributed by atoms with Crippen molar-refractivity contribution in [1.29, 1.82) is 0 Å². The summed E-state index contributed by atoms with van der Waals surface area (Å²) in [6.45, 7) is 7.56. The van der Waals surface area contributed by atoms with Gasteiger partial charge in [-0.1, -0.05) is 23.0 Å². The minimum absolute atomic E-state index is 0.0983. The Kier molecular flexibility index (Phi) is 8.13. The predicted molar refractivity (Wildman–Crippen MR) is 138 cm³/mol. The summed E-state index contributed by atoms with van der Waals surface area (Å²) in [5.74, 6) is -1.83. The largest absolute Gasteiger partial charge is 0.477 e. The quantitative estimate of drug-likeness (QED) is 0.113. The molecule has 196 valence electrons. The van der Waals surface area contributed by atoms with Crippen molar-refractivity contribution in [3.63, 3.8) is 0 Å². The number of tetrazole rings is 1. The Morgan fingerprint density at radius 2 is 2.27 bits per heavy atom. The van der Waals surface area contributed by atoms with Gasteiger partial charge >= 0.3 is 5.97 Å². The molecular formula is C20H23N9O5S3. The molecule has 0 radical (unpaired) electrons. The molecule has 4 rings (SSSR count). The summed E-state index contributed by atoms with van der Waals surface area (Å²) in [5, 5.41) is 29.6. The van der Waals surface area contributed by atoms with Crippen molar-refractivity contribution in [2.75, 3.05) is 17.2 Å². The molecule has 2 aromatic rings. The standard InChI is InChI=1S/C20H23N9O5S3/c1-4-5-28-20(24-26-27-28)37-7-10-6-35-17-13(16(31)29(17)14(10)18(32)33)23-15(30)12(25-34-9(2)3)11-8-36-19(21)22-11/h4,8-9,13,17H,1,5-7H2,2-3H3,(H2,21,22)(H,23,30)(H,32,33)/t13?,17-/m0/s1. The Balaban J connectivity index is 1.49. The molecule has 37 heavy (non-hydrogen) atoms. The van der Waals surface area contributed by atoms with E-state index in [9.17, 15) is 19.5 Å². The number of thioether (sulfide) groups is 2. The zero-order chi connectivity index (χ0) is 26.7. The van der Waals surface area contributed by atoms with Crippen LogP contribution in [0.1, 0.15) is 19.5 Å². The van der Waals surface area contributed by atoms with Crippen LogP contribution in [-0.2, 0) is 25.8 Å². The van der Waals surface area contributed by atoms with Crippen LogP contribution < -0.4 is 11.1 Å². The number of carbonyl (C=O) groups excluding carboxylic acids is 2. The third kappa shape index (κ3) is 5.62. The highest BCUT2D eigenvalue weighted by Gasteiger charge is 2.54. The molecule has 4 N–H and O–H groups in total. The monoisotopic (exact) mass is 565 g/mol. The fourth-order valence-corrected chi connectivity index (χ4v) is 6.37. The molecule has 1 saturated heterocycles. The Morgan fingerprint density at radius 1 is 1.49 bits per heavy atom. The number of aliphatic carboxylic acids is 1. The van der Waals surface area contributed by atoms with Crippen LogP contribution in [0.5, 0.6) is 0 Å². The highest BCUT2D eigenvalue weighted by atomic mass is 32.2. The molecule has 0 aliphatic carbocycles. The molecule has 2 aromatic heterocycles. The van der Waals surface area contributed by atoms with Gasteiger partial charge in [0.2, 0.25) is 5.16 Å². The first-order chi connectivity index (χ1) is 17.7. The molecule has 2 amide bonds. The maximum absolute atomic E-state index is 13.0. The molecule has 17 heteroatoms. The first-order valence-electron chi connectivity index (χ1n) is 10.9. The number of hydrogen-bond acceptors (Lipinski definition) is 13. The Morgan fingerprint density at radius 3 is 2.92 bits per heavy atom. The first kappa shape index (κ1) is 26.6. The molecule has 14 nitrogen and oxygen atoms in total. The fourth-order valence-electron chi connectivity index (χ4n) is 3.45. The highest BCUT2D eigenvalue weighted by molar-refractivity contribution is 8.01. The third-order valence-corrected chi connectivity index (χ3v) is 8.10. The number of carbonyl (C=O) groups is 3. The molecule has 0 saturated carbocycles. The van der Waals surface area contributed by atoms with Gasteiger partial charge in [-0.3, -0.25) is 14.5 Å². The number of nitrogens with one attached hydrogen (secondary N) is 1. The predicted octanol–water partition coefficient (Wildman–Crippen LogP) is 0.558. The van der Waals surface area contributed by atoms with E-state index < -0.39 is 29.2 Å². The maximum atomic E-state index is 13.0. The number of anilines is 1. The number of nitrogen functional groups attached to an aromatic ring is 1. The molecule has 1 fully saturated rings. The minimum Gasteiger partial charge on any atom is -0.477 e. The Hall–Kier alpha value is -3.44.